The first kappa shape index (κ1) is 19.4. The molecule has 0 aliphatic carbocycles. The highest BCUT2D eigenvalue weighted by Crippen LogP contribution is 2.32. The third-order valence-electron chi connectivity index (χ3n) is 4.81. The maximum Gasteiger partial charge on any atom is 0.274 e. The second-order valence-electron chi connectivity index (χ2n) is 6.75. The molecule has 4 rings (SSSR count). The minimum atomic E-state index is -0.335. The fourth-order valence-electron chi connectivity index (χ4n) is 3.19. The maximum atomic E-state index is 12.9. The van der Waals surface area contributed by atoms with Crippen LogP contribution in [0, 0.1) is 5.82 Å². The number of rotatable bonds is 6. The van der Waals surface area contributed by atoms with Crippen molar-refractivity contribution < 1.29 is 23.4 Å². The van der Waals surface area contributed by atoms with Crippen LogP contribution in [0.3, 0.4) is 0 Å². The zero-order valence-electron chi connectivity index (χ0n) is 16.0. The molecule has 0 unspecified atom stereocenters. The number of aromatic nitrogens is 1. The fraction of sp³-hybridized carbons (Fsp3) is 0.333. The molecule has 29 heavy (non-hydrogen) atoms. The summed E-state index contributed by atoms with van der Waals surface area (Å²) < 4.78 is 30.7. The number of benzene rings is 2. The number of carbonyl (C=O) groups is 1. The zero-order chi connectivity index (χ0) is 20.2. The highest BCUT2D eigenvalue weighted by molar-refractivity contribution is 7.20. The van der Waals surface area contributed by atoms with Gasteiger partial charge in [-0.15, -0.1) is 0 Å². The summed E-state index contributed by atoms with van der Waals surface area (Å²) in [6, 6.07) is 11.4. The molecule has 0 saturated carbocycles. The van der Waals surface area contributed by atoms with Crippen LogP contribution in [0.2, 0.25) is 0 Å². The third-order valence-corrected chi connectivity index (χ3v) is 5.72. The number of hydrogen-bond acceptors (Lipinski definition) is 6. The molecule has 0 bridgehead atoms. The van der Waals surface area contributed by atoms with Gasteiger partial charge in [0.05, 0.1) is 17.3 Å². The molecule has 8 heteroatoms. The van der Waals surface area contributed by atoms with Gasteiger partial charge in [-0.3, -0.25) is 4.79 Å². The van der Waals surface area contributed by atoms with E-state index in [4.69, 9.17) is 14.2 Å². The van der Waals surface area contributed by atoms with Gasteiger partial charge in [0, 0.05) is 25.9 Å². The minimum absolute atomic E-state index is 0.0273. The summed E-state index contributed by atoms with van der Waals surface area (Å²) in [5, 5.41) is 0.637. The van der Waals surface area contributed by atoms with Crippen molar-refractivity contribution in [1.82, 2.24) is 9.88 Å². The molecule has 0 spiro atoms. The first-order chi connectivity index (χ1) is 14.1. The SMILES string of the molecule is COc1ccc2nc(OC3CCN(C(=O)COc4ccc(F)cc4)CC3)sc2c1. The van der Waals surface area contributed by atoms with Crippen molar-refractivity contribution in [2.45, 2.75) is 18.9 Å². The molecule has 1 amide bonds. The number of hydrogen-bond donors (Lipinski definition) is 0. The molecule has 1 fully saturated rings. The van der Waals surface area contributed by atoms with E-state index in [0.717, 1.165) is 28.8 Å². The molecule has 152 valence electrons. The van der Waals surface area contributed by atoms with E-state index in [1.54, 1.807) is 12.0 Å². The lowest BCUT2D eigenvalue weighted by Crippen LogP contribution is -2.43. The number of fused-ring (bicyclic) bond motifs is 1. The van der Waals surface area contributed by atoms with Crippen LogP contribution in [-0.2, 0) is 4.79 Å². The number of piperidine rings is 1. The Hall–Kier alpha value is -2.87. The number of nitrogens with zero attached hydrogens (tertiary/aromatic N) is 2. The number of carbonyl (C=O) groups excluding carboxylic acids is 1. The monoisotopic (exact) mass is 416 g/mol. The van der Waals surface area contributed by atoms with E-state index >= 15 is 0 Å². The van der Waals surface area contributed by atoms with Crippen molar-refractivity contribution in [2.75, 3.05) is 26.8 Å². The van der Waals surface area contributed by atoms with Gasteiger partial charge in [0.1, 0.15) is 23.4 Å². The molecule has 3 aromatic rings. The highest BCUT2D eigenvalue weighted by Gasteiger charge is 2.25. The quantitative estimate of drug-likeness (QED) is 0.610. The summed E-state index contributed by atoms with van der Waals surface area (Å²) >= 11 is 1.49. The lowest BCUT2D eigenvalue weighted by atomic mass is 10.1. The van der Waals surface area contributed by atoms with E-state index < -0.39 is 0 Å². The lowest BCUT2D eigenvalue weighted by molar-refractivity contribution is -0.135. The standard InChI is InChI=1S/C21H21FN2O4S/c1-26-17-6-7-18-19(12-17)29-21(23-18)28-16-8-10-24(11-9-16)20(25)13-27-15-4-2-14(22)3-5-15/h2-7,12,16H,8-11,13H2,1H3. The summed E-state index contributed by atoms with van der Waals surface area (Å²) in [5.74, 6) is 0.852. The van der Waals surface area contributed by atoms with E-state index in [1.807, 2.05) is 18.2 Å². The van der Waals surface area contributed by atoms with Crippen LogP contribution in [0.5, 0.6) is 16.7 Å². The Labute approximate surface area is 171 Å². The van der Waals surface area contributed by atoms with E-state index in [0.29, 0.717) is 24.0 Å². The number of methoxy groups -OCH3 is 1. The normalized spacial score (nSPS) is 14.8. The predicted octanol–water partition coefficient (Wildman–Crippen LogP) is 3.89. The van der Waals surface area contributed by atoms with Gasteiger partial charge in [-0.05, 0) is 42.5 Å². The van der Waals surface area contributed by atoms with Gasteiger partial charge in [0.25, 0.3) is 11.1 Å². The third kappa shape index (κ3) is 4.76. The molecular weight excluding hydrogens is 395 g/mol. The summed E-state index contributed by atoms with van der Waals surface area (Å²) in [6.45, 7) is 1.15. The lowest BCUT2D eigenvalue weighted by Gasteiger charge is -2.31. The van der Waals surface area contributed by atoms with E-state index in [-0.39, 0.29) is 24.4 Å². The van der Waals surface area contributed by atoms with Crippen LogP contribution in [0.4, 0.5) is 4.39 Å². The van der Waals surface area contributed by atoms with Crippen molar-refractivity contribution in [3.63, 3.8) is 0 Å². The minimum Gasteiger partial charge on any atom is -0.497 e. The zero-order valence-corrected chi connectivity index (χ0v) is 16.8. The number of likely N-dealkylation sites (tertiary alicyclic amines) is 1. The van der Waals surface area contributed by atoms with Gasteiger partial charge < -0.3 is 19.1 Å². The van der Waals surface area contributed by atoms with Gasteiger partial charge in [0.15, 0.2) is 6.61 Å². The summed E-state index contributed by atoms with van der Waals surface area (Å²) in [5.41, 5.74) is 0.886. The second-order valence-corrected chi connectivity index (χ2v) is 7.75. The molecule has 2 heterocycles. The number of thiazole rings is 1. The van der Waals surface area contributed by atoms with E-state index in [2.05, 4.69) is 4.98 Å². The predicted molar refractivity (Wildman–Crippen MR) is 108 cm³/mol. The number of ether oxygens (including phenoxy) is 3. The van der Waals surface area contributed by atoms with Crippen molar-refractivity contribution in [1.29, 1.82) is 0 Å². The Bertz CT molecular complexity index is 984. The number of amides is 1. The smallest absolute Gasteiger partial charge is 0.274 e. The topological polar surface area (TPSA) is 60.9 Å². The summed E-state index contributed by atoms with van der Waals surface area (Å²) in [4.78, 5) is 18.6. The molecule has 2 aromatic carbocycles. The van der Waals surface area contributed by atoms with E-state index in [1.165, 1.54) is 35.6 Å². The largest absolute Gasteiger partial charge is 0.497 e. The van der Waals surface area contributed by atoms with Gasteiger partial charge >= 0.3 is 0 Å². The second kappa shape index (κ2) is 8.65. The van der Waals surface area contributed by atoms with Crippen LogP contribution in [0.15, 0.2) is 42.5 Å². The van der Waals surface area contributed by atoms with E-state index in [9.17, 15) is 9.18 Å². The summed E-state index contributed by atoms with van der Waals surface area (Å²) in [6.07, 6.45) is 1.50. The van der Waals surface area contributed by atoms with Crippen molar-refractivity contribution in [3.05, 3.63) is 48.3 Å². The molecule has 0 N–H and O–H groups in total. The molecule has 1 saturated heterocycles. The maximum absolute atomic E-state index is 12.9. The van der Waals surface area contributed by atoms with Crippen molar-refractivity contribution >= 4 is 27.5 Å². The first-order valence-electron chi connectivity index (χ1n) is 9.38. The molecule has 0 radical (unpaired) electrons. The molecule has 0 atom stereocenters. The van der Waals surface area contributed by atoms with Crippen LogP contribution in [0.25, 0.3) is 10.2 Å². The number of halogens is 1. The molecular formula is C21H21FN2O4S. The molecule has 1 aromatic heterocycles. The van der Waals surface area contributed by atoms with Gasteiger partial charge in [-0.25, -0.2) is 9.37 Å². The summed E-state index contributed by atoms with van der Waals surface area (Å²) in [7, 11) is 1.64. The van der Waals surface area contributed by atoms with Crippen molar-refractivity contribution in [2.24, 2.45) is 0 Å². The fourth-order valence-corrected chi connectivity index (χ4v) is 4.10. The van der Waals surface area contributed by atoms with Gasteiger partial charge in [0.2, 0.25) is 0 Å². The average Bonchev–Trinajstić information content (AvgIpc) is 3.15. The Morgan fingerprint density at radius 1 is 1.17 bits per heavy atom. The Kier molecular flexibility index (Phi) is 5.80. The van der Waals surface area contributed by atoms with Gasteiger partial charge in [-0.1, -0.05) is 11.3 Å². The van der Waals surface area contributed by atoms with Gasteiger partial charge in [-0.2, -0.15) is 0 Å². The van der Waals surface area contributed by atoms with Crippen LogP contribution >= 0.6 is 11.3 Å². The molecule has 6 nitrogen and oxygen atoms in total. The Morgan fingerprint density at radius 3 is 2.62 bits per heavy atom. The van der Waals surface area contributed by atoms with Crippen LogP contribution < -0.4 is 14.2 Å². The Balaban J connectivity index is 1.26. The molecule has 1 aliphatic rings. The average molecular weight is 416 g/mol. The van der Waals surface area contributed by atoms with Crippen LogP contribution in [-0.4, -0.2) is 48.7 Å². The Morgan fingerprint density at radius 2 is 1.90 bits per heavy atom. The highest BCUT2D eigenvalue weighted by atomic mass is 32.1. The van der Waals surface area contributed by atoms with Crippen molar-refractivity contribution in [3.8, 4) is 16.7 Å². The molecule has 1 aliphatic heterocycles. The van der Waals surface area contributed by atoms with Crippen LogP contribution in [0.1, 0.15) is 12.8 Å². The first-order valence-corrected chi connectivity index (χ1v) is 10.2.